The van der Waals surface area contributed by atoms with Crippen molar-refractivity contribution in [3.05, 3.63) is 117 Å². The third kappa shape index (κ3) is 10.0. The highest BCUT2D eigenvalue weighted by Gasteiger charge is 2.44. The summed E-state index contributed by atoms with van der Waals surface area (Å²) in [4.78, 5) is 0. The summed E-state index contributed by atoms with van der Waals surface area (Å²) >= 11 is 0. The molecule has 1 heterocycles. The Morgan fingerprint density at radius 1 is 0.373 bits per heavy atom. The van der Waals surface area contributed by atoms with Crippen LogP contribution in [0, 0.1) is 0 Å². The summed E-state index contributed by atoms with van der Waals surface area (Å²) in [5.74, 6) is -0.628. The van der Waals surface area contributed by atoms with Crippen molar-refractivity contribution < 1.29 is 9.47 Å². The van der Waals surface area contributed by atoms with E-state index in [0.717, 1.165) is 63.7 Å². The van der Waals surface area contributed by atoms with E-state index in [1.807, 2.05) is 0 Å². The quantitative estimate of drug-likeness (QED) is 0.107. The Bertz CT molecular complexity index is 1430. The Kier molecular flexibility index (Phi) is 14.2. The Labute approximate surface area is 313 Å². The number of aryl methyl sites for hydroxylation is 8. The predicted molar refractivity (Wildman–Crippen MR) is 227 cm³/mol. The van der Waals surface area contributed by atoms with E-state index in [-0.39, 0.29) is 12.2 Å². The van der Waals surface area contributed by atoms with Gasteiger partial charge in [-0.1, -0.05) is 128 Å². The molecule has 4 aromatic rings. The van der Waals surface area contributed by atoms with Crippen molar-refractivity contribution >= 4 is 37.1 Å². The molecule has 0 N–H and O–H groups in total. The van der Waals surface area contributed by atoms with Crippen LogP contribution in [0.2, 0.25) is 0 Å². The number of benzene rings is 4. The minimum atomic E-state index is -0.680. The van der Waals surface area contributed by atoms with Crippen LogP contribution in [0.15, 0.2) is 72.8 Å². The summed E-state index contributed by atoms with van der Waals surface area (Å²) in [7, 11) is -1.36. The van der Waals surface area contributed by atoms with Gasteiger partial charge in [0, 0.05) is 12.3 Å². The van der Waals surface area contributed by atoms with Crippen molar-refractivity contribution in [3.63, 3.8) is 0 Å². The lowest BCUT2D eigenvalue weighted by molar-refractivity contribution is -0.142. The van der Waals surface area contributed by atoms with Gasteiger partial charge >= 0.3 is 0 Å². The molecular formula is C47H64O2P2. The van der Waals surface area contributed by atoms with Crippen LogP contribution in [0.5, 0.6) is 0 Å². The predicted octanol–water partition coefficient (Wildman–Crippen LogP) is 10.3. The van der Waals surface area contributed by atoms with E-state index in [1.54, 1.807) is 0 Å². The molecule has 1 aliphatic heterocycles. The Morgan fingerprint density at radius 3 is 0.745 bits per heavy atom. The van der Waals surface area contributed by atoms with Gasteiger partial charge in [-0.3, -0.25) is 0 Å². The topological polar surface area (TPSA) is 18.5 Å². The first-order valence-electron chi connectivity index (χ1n) is 20.0. The summed E-state index contributed by atoms with van der Waals surface area (Å²) in [6.07, 6.45) is 10.3. The SMILES string of the molecule is CCc1cc(CC)cc(P(CC2OC(C)(C)OC2CP(c2cc(CC)cc(CC)c2)c2cc(CC)cc(CC)c2)c2cc(CC)cc(CC)c2)c1. The summed E-state index contributed by atoms with van der Waals surface area (Å²) in [6, 6.07) is 29.7. The fourth-order valence-corrected chi connectivity index (χ4v) is 12.9. The van der Waals surface area contributed by atoms with Gasteiger partial charge in [-0.15, -0.1) is 0 Å². The van der Waals surface area contributed by atoms with E-state index in [0.29, 0.717) is 0 Å². The summed E-state index contributed by atoms with van der Waals surface area (Å²) < 4.78 is 14.0. The van der Waals surface area contributed by atoms with Gasteiger partial charge in [0.1, 0.15) is 0 Å². The van der Waals surface area contributed by atoms with Gasteiger partial charge in [-0.25, -0.2) is 0 Å². The second-order valence-electron chi connectivity index (χ2n) is 14.8. The van der Waals surface area contributed by atoms with Gasteiger partial charge in [0.05, 0.1) is 12.2 Å². The zero-order valence-corrected chi connectivity index (χ0v) is 35.2. The standard InChI is InChI=1S/C47H64O2P2/c1-11-33-19-34(12-2)24-41(23-33)50(42-25-35(13-3)20-36(14-4)26-42)31-45-46(49-47(9,10)48-45)32-51(43-27-37(15-5)21-38(16-6)28-43)44-29-39(17-7)22-40(18-8)30-44/h19-30,45-46H,11-18,31-32H2,1-10H3. The average molecular weight is 723 g/mol. The summed E-state index contributed by atoms with van der Waals surface area (Å²) in [5, 5.41) is 5.93. The molecule has 2 nitrogen and oxygen atoms in total. The third-order valence-electron chi connectivity index (χ3n) is 10.7. The zero-order chi connectivity index (χ0) is 36.7. The molecule has 51 heavy (non-hydrogen) atoms. The number of hydrogen-bond acceptors (Lipinski definition) is 2. The Balaban J connectivity index is 1.63. The maximum absolute atomic E-state index is 7.02. The summed E-state index contributed by atoms with van der Waals surface area (Å²) in [6.45, 7) is 22.6. The van der Waals surface area contributed by atoms with Gasteiger partial charge in [-0.05, 0) is 147 Å². The number of ether oxygens (including phenoxy) is 2. The van der Waals surface area contributed by atoms with Gasteiger partial charge < -0.3 is 9.47 Å². The van der Waals surface area contributed by atoms with Crippen molar-refractivity contribution in [2.45, 2.75) is 139 Å². The molecular weight excluding hydrogens is 658 g/mol. The highest BCUT2D eigenvalue weighted by atomic mass is 31.1. The molecule has 0 aromatic heterocycles. The van der Waals surface area contributed by atoms with Crippen LogP contribution in [0.4, 0.5) is 0 Å². The second kappa shape index (κ2) is 18.1. The van der Waals surface area contributed by atoms with E-state index in [9.17, 15) is 0 Å². The molecule has 4 heteroatoms. The Hall–Kier alpha value is -2.34. The van der Waals surface area contributed by atoms with Gasteiger partial charge in [0.25, 0.3) is 0 Å². The van der Waals surface area contributed by atoms with Crippen molar-refractivity contribution in [1.82, 2.24) is 0 Å². The number of rotatable bonds is 16. The van der Waals surface area contributed by atoms with Gasteiger partial charge in [0.2, 0.25) is 0 Å². The van der Waals surface area contributed by atoms with E-state index in [1.165, 1.54) is 65.7 Å². The molecule has 2 unspecified atom stereocenters. The van der Waals surface area contributed by atoms with E-state index >= 15 is 0 Å². The highest BCUT2D eigenvalue weighted by Crippen LogP contribution is 2.45. The molecule has 0 bridgehead atoms. The molecule has 2 atom stereocenters. The minimum absolute atomic E-state index is 0.00170. The van der Waals surface area contributed by atoms with E-state index < -0.39 is 21.6 Å². The normalized spacial score (nSPS) is 17.2. The third-order valence-corrected chi connectivity index (χ3v) is 15.6. The molecule has 0 radical (unpaired) electrons. The molecule has 4 aromatic carbocycles. The molecule has 5 rings (SSSR count). The molecule has 1 fully saturated rings. The van der Waals surface area contributed by atoms with Crippen LogP contribution < -0.4 is 21.2 Å². The lowest BCUT2D eigenvalue weighted by Crippen LogP contribution is -2.34. The first-order chi connectivity index (χ1) is 24.5. The molecule has 274 valence electrons. The maximum atomic E-state index is 7.02. The van der Waals surface area contributed by atoms with Gasteiger partial charge in [-0.2, -0.15) is 0 Å². The van der Waals surface area contributed by atoms with Gasteiger partial charge in [0.15, 0.2) is 5.79 Å². The molecule has 0 saturated carbocycles. The Morgan fingerprint density at radius 2 is 0.569 bits per heavy atom. The van der Waals surface area contributed by atoms with Crippen molar-refractivity contribution in [2.24, 2.45) is 0 Å². The largest absolute Gasteiger partial charge is 0.344 e. The van der Waals surface area contributed by atoms with E-state index in [4.69, 9.17) is 9.47 Å². The molecule has 1 saturated heterocycles. The van der Waals surface area contributed by atoms with E-state index in [2.05, 4.69) is 142 Å². The van der Waals surface area contributed by atoms with Crippen molar-refractivity contribution in [1.29, 1.82) is 0 Å². The fourth-order valence-electron chi connectivity index (χ4n) is 7.53. The molecule has 0 aliphatic carbocycles. The zero-order valence-electron chi connectivity index (χ0n) is 33.4. The molecule has 0 amide bonds. The van der Waals surface area contributed by atoms with Crippen LogP contribution in [0.3, 0.4) is 0 Å². The molecule has 0 spiro atoms. The van der Waals surface area contributed by atoms with Crippen molar-refractivity contribution in [3.8, 4) is 0 Å². The highest BCUT2D eigenvalue weighted by molar-refractivity contribution is 7.73. The first-order valence-corrected chi connectivity index (χ1v) is 23.0. The lowest BCUT2D eigenvalue weighted by atomic mass is 10.1. The molecule has 1 aliphatic rings. The maximum Gasteiger partial charge on any atom is 0.163 e. The van der Waals surface area contributed by atoms with Crippen LogP contribution >= 0.6 is 15.8 Å². The number of hydrogen-bond donors (Lipinski definition) is 0. The minimum Gasteiger partial charge on any atom is -0.344 e. The summed E-state index contributed by atoms with van der Waals surface area (Å²) in [5.41, 5.74) is 11.5. The van der Waals surface area contributed by atoms with Crippen LogP contribution in [0.1, 0.15) is 114 Å². The average Bonchev–Trinajstić information content (AvgIpc) is 3.46. The van der Waals surface area contributed by atoms with Crippen LogP contribution in [0.25, 0.3) is 0 Å². The van der Waals surface area contributed by atoms with Crippen molar-refractivity contribution in [2.75, 3.05) is 12.3 Å². The van der Waals surface area contributed by atoms with Crippen LogP contribution in [-0.2, 0) is 60.8 Å². The fraction of sp³-hybridized carbons (Fsp3) is 0.489. The lowest BCUT2D eigenvalue weighted by Gasteiger charge is -2.29. The monoisotopic (exact) mass is 722 g/mol. The smallest absolute Gasteiger partial charge is 0.163 e. The second-order valence-corrected chi connectivity index (χ2v) is 19.3. The van der Waals surface area contributed by atoms with Crippen LogP contribution in [-0.4, -0.2) is 30.3 Å². The first kappa shape index (κ1) is 39.9.